The molecule has 0 unspecified atom stereocenters. The van der Waals surface area contributed by atoms with Gasteiger partial charge in [-0.2, -0.15) is 18.3 Å². The molecule has 0 fully saturated rings. The Morgan fingerprint density at radius 2 is 2.10 bits per heavy atom. The molecule has 2 N–H and O–H groups in total. The first-order valence-electron chi connectivity index (χ1n) is 8.37. The number of aromatic nitrogens is 2. The molecule has 1 aliphatic heterocycles. The Bertz CT molecular complexity index is 961. The molecule has 2 amide bonds. The smallest absolute Gasteiger partial charge is 0.435 e. The Labute approximate surface area is 167 Å². The maximum atomic E-state index is 13.4. The number of hydrogen-bond acceptors (Lipinski definition) is 4. The standard InChI is InChI=1S/C17H16ClF3N4O4/c1-29-13-3-2-9(18)6-11(13)22-14(26)8-25-12-4-5-24(16(27)28)7-10(12)15(23-25)17(19,20)21/h2-3,6H,4-5,7-8H2,1H3,(H,22,26)(H,27,28). The Hall–Kier alpha value is -2.95. The normalized spacial score (nSPS) is 13.8. The molecule has 0 bridgehead atoms. The number of carboxylic acid groups (broad SMARTS) is 1. The van der Waals surface area contributed by atoms with Gasteiger partial charge in [0, 0.05) is 29.2 Å². The van der Waals surface area contributed by atoms with Crippen molar-refractivity contribution in [2.45, 2.75) is 25.7 Å². The molecule has 0 saturated carbocycles. The molecule has 0 atom stereocenters. The topological polar surface area (TPSA) is 96.7 Å². The zero-order valence-electron chi connectivity index (χ0n) is 15.1. The van der Waals surface area contributed by atoms with Crippen molar-refractivity contribution in [2.24, 2.45) is 0 Å². The lowest BCUT2D eigenvalue weighted by Crippen LogP contribution is -2.36. The first-order valence-corrected chi connectivity index (χ1v) is 8.75. The average Bonchev–Trinajstić information content (AvgIpc) is 3.00. The molecule has 0 spiro atoms. The van der Waals surface area contributed by atoms with E-state index in [0.29, 0.717) is 10.8 Å². The van der Waals surface area contributed by atoms with Crippen molar-refractivity contribution in [1.82, 2.24) is 14.7 Å². The number of amides is 2. The van der Waals surface area contributed by atoms with E-state index in [1.165, 1.54) is 19.2 Å². The van der Waals surface area contributed by atoms with Crippen molar-refractivity contribution in [3.05, 3.63) is 40.2 Å². The fraction of sp³-hybridized carbons (Fsp3) is 0.353. The number of carbonyl (C=O) groups is 2. The van der Waals surface area contributed by atoms with Gasteiger partial charge in [0.2, 0.25) is 5.91 Å². The van der Waals surface area contributed by atoms with Crippen molar-refractivity contribution in [1.29, 1.82) is 0 Å². The van der Waals surface area contributed by atoms with E-state index in [1.54, 1.807) is 6.07 Å². The van der Waals surface area contributed by atoms with E-state index in [1.807, 2.05) is 0 Å². The lowest BCUT2D eigenvalue weighted by Gasteiger charge is -2.25. The van der Waals surface area contributed by atoms with Crippen LogP contribution in [0.4, 0.5) is 23.7 Å². The molecule has 1 aliphatic rings. The first kappa shape index (κ1) is 20.8. The SMILES string of the molecule is COc1ccc(Cl)cc1NC(=O)Cn1nc(C(F)(F)F)c2c1CCN(C(=O)O)C2. The molecule has 0 saturated heterocycles. The summed E-state index contributed by atoms with van der Waals surface area (Å²) >= 11 is 5.90. The summed E-state index contributed by atoms with van der Waals surface area (Å²) in [6.45, 7) is -0.917. The lowest BCUT2D eigenvalue weighted by molar-refractivity contribution is -0.142. The van der Waals surface area contributed by atoms with Gasteiger partial charge in [-0.05, 0) is 18.2 Å². The molecular weight excluding hydrogens is 417 g/mol. The number of methoxy groups -OCH3 is 1. The highest BCUT2D eigenvalue weighted by atomic mass is 35.5. The maximum absolute atomic E-state index is 13.4. The summed E-state index contributed by atoms with van der Waals surface area (Å²) in [6, 6.07) is 4.54. The molecule has 1 aromatic carbocycles. The van der Waals surface area contributed by atoms with Crippen molar-refractivity contribution in [3.8, 4) is 5.75 Å². The summed E-state index contributed by atoms with van der Waals surface area (Å²) in [4.78, 5) is 24.4. The summed E-state index contributed by atoms with van der Waals surface area (Å²) in [5.41, 5.74) is -0.979. The maximum Gasteiger partial charge on any atom is 0.435 e. The highest BCUT2D eigenvalue weighted by Gasteiger charge is 2.41. The van der Waals surface area contributed by atoms with Crippen LogP contribution in [0.5, 0.6) is 5.75 Å². The van der Waals surface area contributed by atoms with E-state index in [9.17, 15) is 22.8 Å². The quantitative estimate of drug-likeness (QED) is 0.773. The number of carbonyl (C=O) groups excluding carboxylic acids is 1. The minimum atomic E-state index is -4.77. The van der Waals surface area contributed by atoms with Gasteiger partial charge in [0.15, 0.2) is 5.69 Å². The van der Waals surface area contributed by atoms with Gasteiger partial charge in [-0.3, -0.25) is 9.48 Å². The molecule has 8 nitrogen and oxygen atoms in total. The molecule has 0 radical (unpaired) electrons. The zero-order chi connectivity index (χ0) is 21.3. The predicted molar refractivity (Wildman–Crippen MR) is 96.0 cm³/mol. The van der Waals surface area contributed by atoms with Gasteiger partial charge in [0.25, 0.3) is 0 Å². The van der Waals surface area contributed by atoms with Gasteiger partial charge < -0.3 is 20.1 Å². The molecule has 29 heavy (non-hydrogen) atoms. The third-order valence-corrected chi connectivity index (χ3v) is 4.64. The number of alkyl halides is 3. The van der Waals surface area contributed by atoms with Gasteiger partial charge >= 0.3 is 12.3 Å². The van der Waals surface area contributed by atoms with Crippen LogP contribution in [-0.2, 0) is 30.5 Å². The van der Waals surface area contributed by atoms with Crippen LogP contribution >= 0.6 is 11.6 Å². The number of hydrogen-bond donors (Lipinski definition) is 2. The molecule has 156 valence electrons. The van der Waals surface area contributed by atoms with E-state index >= 15 is 0 Å². The van der Waals surface area contributed by atoms with Gasteiger partial charge in [-0.1, -0.05) is 11.6 Å². The number of rotatable bonds is 4. The summed E-state index contributed by atoms with van der Waals surface area (Å²) in [5.74, 6) is -0.302. The summed E-state index contributed by atoms with van der Waals surface area (Å²) < 4.78 is 46.2. The Kier molecular flexibility index (Phi) is 5.60. The van der Waals surface area contributed by atoms with Gasteiger partial charge in [0.05, 0.1) is 19.3 Å². The van der Waals surface area contributed by atoms with E-state index in [4.69, 9.17) is 21.4 Å². The number of benzene rings is 1. The highest BCUT2D eigenvalue weighted by Crippen LogP contribution is 2.35. The Morgan fingerprint density at radius 1 is 1.38 bits per heavy atom. The van der Waals surface area contributed by atoms with E-state index in [-0.39, 0.29) is 29.9 Å². The van der Waals surface area contributed by atoms with Crippen LogP contribution in [0.15, 0.2) is 18.2 Å². The van der Waals surface area contributed by atoms with Crippen LogP contribution in [0, 0.1) is 0 Å². The van der Waals surface area contributed by atoms with Crippen LogP contribution in [0.25, 0.3) is 0 Å². The van der Waals surface area contributed by atoms with E-state index < -0.39 is 37.0 Å². The van der Waals surface area contributed by atoms with Crippen LogP contribution in [-0.4, -0.2) is 45.4 Å². The van der Waals surface area contributed by atoms with E-state index in [2.05, 4.69) is 10.4 Å². The Balaban J connectivity index is 1.87. The van der Waals surface area contributed by atoms with Crippen molar-refractivity contribution >= 4 is 29.3 Å². The molecule has 2 heterocycles. The summed E-state index contributed by atoms with van der Waals surface area (Å²) in [5, 5.41) is 15.5. The van der Waals surface area contributed by atoms with Crippen LogP contribution in [0.2, 0.25) is 5.02 Å². The predicted octanol–water partition coefficient (Wildman–Crippen LogP) is 3.24. The first-order chi connectivity index (χ1) is 13.6. The van der Waals surface area contributed by atoms with Crippen molar-refractivity contribution < 1.29 is 32.6 Å². The monoisotopic (exact) mass is 432 g/mol. The zero-order valence-corrected chi connectivity index (χ0v) is 15.8. The highest BCUT2D eigenvalue weighted by molar-refractivity contribution is 6.31. The third-order valence-electron chi connectivity index (χ3n) is 4.40. The molecule has 0 aliphatic carbocycles. The number of anilines is 1. The number of ether oxygens (including phenoxy) is 1. The molecular formula is C17H16ClF3N4O4. The number of halogens is 4. The fourth-order valence-corrected chi connectivity index (χ4v) is 3.29. The third kappa shape index (κ3) is 4.39. The molecule has 12 heteroatoms. The minimum absolute atomic E-state index is 0.00899. The summed E-state index contributed by atoms with van der Waals surface area (Å²) in [7, 11) is 1.40. The van der Waals surface area contributed by atoms with Gasteiger partial charge in [-0.25, -0.2) is 4.79 Å². The number of fused-ring (bicyclic) bond motifs is 1. The van der Waals surface area contributed by atoms with Gasteiger partial charge in [0.1, 0.15) is 12.3 Å². The molecule has 3 rings (SSSR count). The second kappa shape index (κ2) is 7.82. The minimum Gasteiger partial charge on any atom is -0.495 e. The molecule has 2 aromatic rings. The average molecular weight is 433 g/mol. The van der Waals surface area contributed by atoms with Crippen LogP contribution in [0.3, 0.4) is 0 Å². The van der Waals surface area contributed by atoms with Crippen LogP contribution in [0.1, 0.15) is 17.0 Å². The van der Waals surface area contributed by atoms with Gasteiger partial charge in [-0.15, -0.1) is 0 Å². The second-order valence-corrected chi connectivity index (χ2v) is 6.71. The molecule has 1 aromatic heterocycles. The Morgan fingerprint density at radius 3 is 2.72 bits per heavy atom. The van der Waals surface area contributed by atoms with Crippen LogP contribution < -0.4 is 10.1 Å². The second-order valence-electron chi connectivity index (χ2n) is 6.28. The van der Waals surface area contributed by atoms with Crippen molar-refractivity contribution in [2.75, 3.05) is 19.0 Å². The summed E-state index contributed by atoms with van der Waals surface area (Å²) in [6.07, 6.45) is -6.08. The van der Waals surface area contributed by atoms with E-state index in [0.717, 1.165) is 9.58 Å². The number of nitrogens with one attached hydrogen (secondary N) is 1. The largest absolute Gasteiger partial charge is 0.495 e. The van der Waals surface area contributed by atoms with Crippen molar-refractivity contribution in [3.63, 3.8) is 0 Å². The lowest BCUT2D eigenvalue weighted by atomic mass is 10.1. The number of nitrogens with zero attached hydrogens (tertiary/aromatic N) is 3. The fourth-order valence-electron chi connectivity index (χ4n) is 3.12.